The van der Waals surface area contributed by atoms with E-state index in [4.69, 9.17) is 0 Å². The van der Waals surface area contributed by atoms with E-state index in [2.05, 4.69) is 16.9 Å². The summed E-state index contributed by atoms with van der Waals surface area (Å²) in [6.07, 6.45) is -0.0353. The number of hydrogen-bond donors (Lipinski definition) is 3. The second-order valence-corrected chi connectivity index (χ2v) is 3.52. The van der Waals surface area contributed by atoms with Gasteiger partial charge in [-0.1, -0.05) is 12.2 Å². The molecule has 86 valence electrons. The zero-order valence-electron chi connectivity index (χ0n) is 8.92. The SMILES string of the molecule is C=C(C)CNC(=O)Cc1cc(=O)[nH]c(=O)[nH]1. The average Bonchev–Trinajstić information content (AvgIpc) is 2.12. The second-order valence-electron chi connectivity index (χ2n) is 3.52. The minimum Gasteiger partial charge on any atom is -0.352 e. The van der Waals surface area contributed by atoms with Crippen LogP contribution in [-0.4, -0.2) is 22.4 Å². The summed E-state index contributed by atoms with van der Waals surface area (Å²) in [6.45, 7) is 5.80. The number of amides is 1. The van der Waals surface area contributed by atoms with Gasteiger partial charge in [-0.05, 0) is 6.92 Å². The monoisotopic (exact) mass is 223 g/mol. The molecule has 3 N–H and O–H groups in total. The van der Waals surface area contributed by atoms with Crippen LogP contribution < -0.4 is 16.6 Å². The fourth-order valence-electron chi connectivity index (χ4n) is 1.10. The molecule has 1 heterocycles. The first-order valence-electron chi connectivity index (χ1n) is 4.71. The van der Waals surface area contributed by atoms with E-state index in [0.717, 1.165) is 5.57 Å². The van der Waals surface area contributed by atoms with Crippen molar-refractivity contribution in [3.63, 3.8) is 0 Å². The van der Waals surface area contributed by atoms with E-state index in [-0.39, 0.29) is 18.0 Å². The highest BCUT2D eigenvalue weighted by molar-refractivity contribution is 5.78. The zero-order chi connectivity index (χ0) is 12.1. The predicted octanol–water partition coefficient (Wildman–Crippen LogP) is -0.702. The molecule has 0 aromatic carbocycles. The van der Waals surface area contributed by atoms with Crippen molar-refractivity contribution < 1.29 is 4.79 Å². The van der Waals surface area contributed by atoms with Crippen LogP contribution in [0.25, 0.3) is 0 Å². The Kier molecular flexibility index (Phi) is 3.82. The van der Waals surface area contributed by atoms with Crippen molar-refractivity contribution in [2.24, 2.45) is 0 Å². The van der Waals surface area contributed by atoms with Crippen molar-refractivity contribution in [2.75, 3.05) is 6.54 Å². The Morgan fingerprint density at radius 3 is 2.69 bits per heavy atom. The molecule has 0 saturated heterocycles. The summed E-state index contributed by atoms with van der Waals surface area (Å²) in [6, 6.07) is 1.18. The first kappa shape index (κ1) is 12.0. The number of aromatic amines is 2. The first-order chi connectivity index (χ1) is 7.47. The van der Waals surface area contributed by atoms with Crippen molar-refractivity contribution in [1.29, 1.82) is 0 Å². The van der Waals surface area contributed by atoms with Gasteiger partial charge in [0.15, 0.2) is 0 Å². The topological polar surface area (TPSA) is 94.8 Å². The van der Waals surface area contributed by atoms with Crippen LogP contribution in [0.3, 0.4) is 0 Å². The number of hydrogen-bond acceptors (Lipinski definition) is 3. The molecule has 0 aliphatic rings. The Morgan fingerprint density at radius 2 is 2.12 bits per heavy atom. The number of rotatable bonds is 4. The third-order valence-electron chi connectivity index (χ3n) is 1.75. The molecule has 0 radical (unpaired) electrons. The highest BCUT2D eigenvalue weighted by Gasteiger charge is 2.04. The van der Waals surface area contributed by atoms with Crippen molar-refractivity contribution in [3.8, 4) is 0 Å². The molecule has 0 saturated carbocycles. The lowest BCUT2D eigenvalue weighted by atomic mass is 10.2. The third kappa shape index (κ3) is 3.95. The number of H-pyrrole nitrogens is 2. The fourth-order valence-corrected chi connectivity index (χ4v) is 1.10. The Morgan fingerprint density at radius 1 is 1.44 bits per heavy atom. The van der Waals surface area contributed by atoms with Gasteiger partial charge in [-0.25, -0.2) is 4.79 Å². The molecule has 1 amide bonds. The van der Waals surface area contributed by atoms with Crippen molar-refractivity contribution in [3.05, 3.63) is 44.8 Å². The molecular formula is C10H13N3O3. The Balaban J connectivity index is 2.66. The van der Waals surface area contributed by atoms with Gasteiger partial charge in [-0.15, -0.1) is 0 Å². The molecule has 0 spiro atoms. The minimum atomic E-state index is -0.616. The van der Waals surface area contributed by atoms with Gasteiger partial charge in [0.05, 0.1) is 6.42 Å². The average molecular weight is 223 g/mol. The van der Waals surface area contributed by atoms with Gasteiger partial charge in [-0.3, -0.25) is 14.6 Å². The maximum Gasteiger partial charge on any atom is 0.325 e. The van der Waals surface area contributed by atoms with Crippen LogP contribution in [0.15, 0.2) is 27.8 Å². The van der Waals surface area contributed by atoms with Gasteiger partial charge in [0.2, 0.25) is 5.91 Å². The summed E-state index contributed by atoms with van der Waals surface area (Å²) in [7, 11) is 0. The molecule has 1 rings (SSSR count). The van der Waals surface area contributed by atoms with E-state index < -0.39 is 11.2 Å². The molecule has 0 aliphatic heterocycles. The standard InChI is InChI=1S/C10H13N3O3/c1-6(2)5-11-8(14)3-7-4-9(15)13-10(16)12-7/h4H,1,3,5H2,2H3,(H,11,14)(H2,12,13,15,16). The van der Waals surface area contributed by atoms with Crippen LogP contribution in [-0.2, 0) is 11.2 Å². The van der Waals surface area contributed by atoms with Crippen molar-refractivity contribution in [2.45, 2.75) is 13.3 Å². The molecule has 0 atom stereocenters. The molecule has 6 nitrogen and oxygen atoms in total. The van der Waals surface area contributed by atoms with Crippen LogP contribution in [0.1, 0.15) is 12.6 Å². The number of aromatic nitrogens is 2. The lowest BCUT2D eigenvalue weighted by molar-refractivity contribution is -0.120. The molecule has 0 fully saturated rings. The van der Waals surface area contributed by atoms with Crippen LogP contribution in [0.5, 0.6) is 0 Å². The van der Waals surface area contributed by atoms with E-state index in [1.54, 1.807) is 6.92 Å². The molecule has 6 heteroatoms. The van der Waals surface area contributed by atoms with E-state index in [9.17, 15) is 14.4 Å². The van der Waals surface area contributed by atoms with Crippen molar-refractivity contribution in [1.82, 2.24) is 15.3 Å². The van der Waals surface area contributed by atoms with E-state index >= 15 is 0 Å². The quantitative estimate of drug-likeness (QED) is 0.589. The third-order valence-corrected chi connectivity index (χ3v) is 1.75. The molecule has 16 heavy (non-hydrogen) atoms. The van der Waals surface area contributed by atoms with E-state index in [0.29, 0.717) is 6.54 Å². The largest absolute Gasteiger partial charge is 0.352 e. The van der Waals surface area contributed by atoms with Crippen LogP contribution >= 0.6 is 0 Å². The molecule has 1 aromatic rings. The number of nitrogens with one attached hydrogen (secondary N) is 3. The summed E-state index contributed by atoms with van der Waals surface area (Å²) < 4.78 is 0. The van der Waals surface area contributed by atoms with Gasteiger partial charge in [0, 0.05) is 18.3 Å². The zero-order valence-corrected chi connectivity index (χ0v) is 8.92. The molecule has 1 aromatic heterocycles. The molecular weight excluding hydrogens is 210 g/mol. The summed E-state index contributed by atoms with van der Waals surface area (Å²) in [5, 5.41) is 2.60. The molecule has 0 aliphatic carbocycles. The summed E-state index contributed by atoms with van der Waals surface area (Å²) in [4.78, 5) is 37.6. The Bertz CT molecular complexity index is 484. The Labute approximate surface area is 91.4 Å². The van der Waals surface area contributed by atoms with Crippen LogP contribution in [0.2, 0.25) is 0 Å². The highest BCUT2D eigenvalue weighted by Crippen LogP contribution is 1.89. The first-order valence-corrected chi connectivity index (χ1v) is 4.71. The fraction of sp³-hybridized carbons (Fsp3) is 0.300. The second kappa shape index (κ2) is 5.11. The maximum atomic E-state index is 11.4. The predicted molar refractivity (Wildman–Crippen MR) is 59.2 cm³/mol. The summed E-state index contributed by atoms with van der Waals surface area (Å²) in [5.74, 6) is -0.274. The van der Waals surface area contributed by atoms with Gasteiger partial charge >= 0.3 is 5.69 Å². The minimum absolute atomic E-state index is 0.0353. The van der Waals surface area contributed by atoms with Gasteiger partial charge in [0.1, 0.15) is 0 Å². The van der Waals surface area contributed by atoms with Crippen LogP contribution in [0.4, 0.5) is 0 Å². The summed E-state index contributed by atoms with van der Waals surface area (Å²) in [5.41, 5.74) is -0.0256. The maximum absolute atomic E-state index is 11.4. The highest BCUT2D eigenvalue weighted by atomic mass is 16.2. The summed E-state index contributed by atoms with van der Waals surface area (Å²) >= 11 is 0. The van der Waals surface area contributed by atoms with Crippen molar-refractivity contribution >= 4 is 5.91 Å². The lowest BCUT2D eigenvalue weighted by Crippen LogP contribution is -2.29. The van der Waals surface area contributed by atoms with Gasteiger partial charge < -0.3 is 10.3 Å². The lowest BCUT2D eigenvalue weighted by Gasteiger charge is -2.03. The van der Waals surface area contributed by atoms with Crippen LogP contribution in [0, 0.1) is 0 Å². The smallest absolute Gasteiger partial charge is 0.325 e. The Hall–Kier alpha value is -2.11. The van der Waals surface area contributed by atoms with Gasteiger partial charge in [0.25, 0.3) is 5.56 Å². The normalized spacial score (nSPS) is 9.81. The van der Waals surface area contributed by atoms with E-state index in [1.165, 1.54) is 6.07 Å². The number of carbonyl (C=O) groups excluding carboxylic acids is 1. The number of carbonyl (C=O) groups is 1. The molecule has 0 bridgehead atoms. The molecule has 0 unspecified atom stereocenters. The van der Waals surface area contributed by atoms with Gasteiger partial charge in [-0.2, -0.15) is 0 Å². The van der Waals surface area contributed by atoms with E-state index in [1.807, 2.05) is 4.98 Å².